The third kappa shape index (κ3) is 2.50. The summed E-state index contributed by atoms with van der Waals surface area (Å²) in [6.07, 6.45) is 0. The summed E-state index contributed by atoms with van der Waals surface area (Å²) in [4.78, 5) is -0.762. The highest BCUT2D eigenvalue weighted by Gasteiger charge is 2.45. The van der Waals surface area contributed by atoms with Crippen LogP contribution >= 0.6 is 11.6 Å². The molecule has 0 radical (unpaired) electrons. The van der Waals surface area contributed by atoms with Crippen LogP contribution < -0.4 is 0 Å². The van der Waals surface area contributed by atoms with Gasteiger partial charge >= 0.3 is 0 Å². The van der Waals surface area contributed by atoms with Crippen LogP contribution in [0.3, 0.4) is 0 Å². The average molecular weight is 477 g/mol. The first-order valence-electron chi connectivity index (χ1n) is 12.4. The molecule has 1 aliphatic carbocycles. The zero-order chi connectivity index (χ0) is 23.9. The van der Waals surface area contributed by atoms with Gasteiger partial charge in [-0.05, 0) is 70.9 Å². The van der Waals surface area contributed by atoms with Gasteiger partial charge in [0.1, 0.15) is 4.87 Å². The quantitative estimate of drug-likeness (QED) is 0.163. The minimum absolute atomic E-state index is 0.762. The number of hydrogen-bond donors (Lipinski definition) is 0. The largest absolute Gasteiger partial charge is 0.121 e. The molecule has 0 bridgehead atoms. The van der Waals surface area contributed by atoms with Crippen molar-refractivity contribution in [2.24, 2.45) is 0 Å². The van der Waals surface area contributed by atoms with Crippen LogP contribution in [0.4, 0.5) is 0 Å². The van der Waals surface area contributed by atoms with Gasteiger partial charge in [-0.2, -0.15) is 0 Å². The molecule has 0 atom stereocenters. The first-order chi connectivity index (χ1) is 17.7. The Morgan fingerprint density at radius 3 is 1.33 bits per heavy atom. The van der Waals surface area contributed by atoms with E-state index in [9.17, 15) is 0 Å². The smallest absolute Gasteiger partial charge is 0.103 e. The van der Waals surface area contributed by atoms with Crippen LogP contribution in [0.15, 0.2) is 127 Å². The lowest BCUT2D eigenvalue weighted by Gasteiger charge is -2.26. The van der Waals surface area contributed by atoms with Gasteiger partial charge in [-0.25, -0.2) is 0 Å². The number of fused-ring (bicyclic) bond motifs is 11. The zero-order valence-corrected chi connectivity index (χ0v) is 20.3. The Hall–Kier alpha value is -4.13. The van der Waals surface area contributed by atoms with E-state index in [0.29, 0.717) is 0 Å². The molecule has 0 aliphatic heterocycles. The van der Waals surface area contributed by atoms with Crippen LogP contribution in [0.2, 0.25) is 0 Å². The predicted molar refractivity (Wildman–Crippen MR) is 154 cm³/mol. The molecule has 8 rings (SSSR count). The lowest BCUT2D eigenvalue weighted by molar-refractivity contribution is 0.913. The fourth-order valence-electron chi connectivity index (χ4n) is 6.41. The number of halogens is 1. The van der Waals surface area contributed by atoms with Crippen molar-refractivity contribution >= 4 is 54.7 Å². The van der Waals surface area contributed by atoms with Crippen LogP contribution in [0.25, 0.3) is 54.2 Å². The molecule has 1 heteroatoms. The van der Waals surface area contributed by atoms with Gasteiger partial charge in [0, 0.05) is 0 Å². The van der Waals surface area contributed by atoms with Crippen LogP contribution in [-0.4, -0.2) is 0 Å². The molecule has 0 spiro atoms. The molecule has 0 heterocycles. The first kappa shape index (κ1) is 20.1. The van der Waals surface area contributed by atoms with Crippen molar-refractivity contribution in [3.63, 3.8) is 0 Å². The summed E-state index contributed by atoms with van der Waals surface area (Å²) in [6.45, 7) is 0. The maximum Gasteiger partial charge on any atom is 0.121 e. The highest BCUT2D eigenvalue weighted by Crippen LogP contribution is 2.59. The van der Waals surface area contributed by atoms with E-state index in [1.807, 2.05) is 0 Å². The summed E-state index contributed by atoms with van der Waals surface area (Å²) >= 11 is 7.86. The molecule has 0 amide bonds. The summed E-state index contributed by atoms with van der Waals surface area (Å²) in [5.41, 5.74) is 5.95. The highest BCUT2D eigenvalue weighted by molar-refractivity contribution is 6.34. The molecule has 0 unspecified atom stereocenters. The predicted octanol–water partition coefficient (Wildman–Crippen LogP) is 9.81. The van der Waals surface area contributed by atoms with Crippen LogP contribution in [0, 0.1) is 0 Å². The Morgan fingerprint density at radius 2 is 0.806 bits per heavy atom. The van der Waals surface area contributed by atoms with Crippen LogP contribution in [-0.2, 0) is 4.87 Å². The summed E-state index contributed by atoms with van der Waals surface area (Å²) < 4.78 is 0. The van der Waals surface area contributed by atoms with E-state index >= 15 is 0 Å². The van der Waals surface area contributed by atoms with Crippen molar-refractivity contribution < 1.29 is 0 Å². The third-order valence-electron chi connectivity index (χ3n) is 7.98. The van der Waals surface area contributed by atoms with Crippen molar-refractivity contribution in [2.45, 2.75) is 4.87 Å². The molecule has 0 nitrogen and oxygen atoms in total. The normalized spacial score (nSPS) is 13.9. The molecule has 0 aromatic heterocycles. The van der Waals surface area contributed by atoms with Crippen molar-refractivity contribution in [3.05, 3.63) is 144 Å². The van der Waals surface area contributed by atoms with E-state index < -0.39 is 4.87 Å². The molecule has 0 saturated heterocycles. The van der Waals surface area contributed by atoms with E-state index in [2.05, 4.69) is 127 Å². The van der Waals surface area contributed by atoms with Crippen molar-refractivity contribution in [1.29, 1.82) is 0 Å². The molecular formula is C35H21Cl. The summed E-state index contributed by atoms with van der Waals surface area (Å²) in [5, 5.41) is 10.1. The lowest BCUT2D eigenvalue weighted by atomic mass is 9.87. The molecule has 1 aliphatic rings. The Labute approximate surface area is 214 Å². The number of rotatable bonds is 1. The average Bonchev–Trinajstić information content (AvgIpc) is 3.22. The lowest BCUT2D eigenvalue weighted by Crippen LogP contribution is -2.19. The molecule has 168 valence electrons. The van der Waals surface area contributed by atoms with Gasteiger partial charge in [0.25, 0.3) is 0 Å². The standard InChI is InChI=1S/C35H21Cl/c36-35(26-10-2-1-3-11-26)29-20-18-24-16-14-22-8-4-6-12-27(22)31(24)33(29)34-30(35)21-19-25-17-15-23-9-5-7-13-28(23)32(25)34/h1-21H. The van der Waals surface area contributed by atoms with E-state index in [0.717, 1.165) is 16.7 Å². The number of benzene rings is 7. The summed E-state index contributed by atoms with van der Waals surface area (Å²) in [6, 6.07) is 45.9. The molecule has 0 fully saturated rings. The van der Waals surface area contributed by atoms with E-state index in [1.165, 1.54) is 54.2 Å². The number of alkyl halides is 1. The summed E-state index contributed by atoms with van der Waals surface area (Å²) in [5.74, 6) is 0. The molecule has 0 saturated carbocycles. The van der Waals surface area contributed by atoms with Crippen molar-refractivity contribution in [3.8, 4) is 11.1 Å². The van der Waals surface area contributed by atoms with Crippen molar-refractivity contribution in [1.82, 2.24) is 0 Å². The Morgan fingerprint density at radius 1 is 0.389 bits per heavy atom. The fraction of sp³-hybridized carbons (Fsp3) is 0.0286. The molecule has 7 aromatic rings. The van der Waals surface area contributed by atoms with E-state index in [4.69, 9.17) is 11.6 Å². The maximum absolute atomic E-state index is 7.86. The third-order valence-corrected chi connectivity index (χ3v) is 8.61. The molecule has 7 aromatic carbocycles. The topological polar surface area (TPSA) is 0 Å². The second kappa shape index (κ2) is 7.20. The first-order valence-corrected chi connectivity index (χ1v) is 12.8. The number of hydrogen-bond acceptors (Lipinski definition) is 0. The fourth-order valence-corrected chi connectivity index (χ4v) is 6.85. The van der Waals surface area contributed by atoms with Crippen LogP contribution in [0.1, 0.15) is 16.7 Å². The Bertz CT molecular complexity index is 1870. The Kier molecular flexibility index (Phi) is 4.02. The minimum Gasteiger partial charge on any atom is -0.103 e. The van der Waals surface area contributed by atoms with Gasteiger partial charge in [-0.15, -0.1) is 11.6 Å². The SMILES string of the molecule is ClC1(c2ccccc2)c2ccc3ccc4ccccc4c3c2-c2c1ccc1ccc3ccccc3c21. The van der Waals surface area contributed by atoms with Crippen molar-refractivity contribution in [2.75, 3.05) is 0 Å². The molecule has 36 heavy (non-hydrogen) atoms. The summed E-state index contributed by atoms with van der Waals surface area (Å²) in [7, 11) is 0. The zero-order valence-electron chi connectivity index (χ0n) is 19.5. The second-order valence-electron chi connectivity index (χ2n) is 9.77. The van der Waals surface area contributed by atoms with E-state index in [-0.39, 0.29) is 0 Å². The van der Waals surface area contributed by atoms with Gasteiger partial charge in [-0.3, -0.25) is 0 Å². The second-order valence-corrected chi connectivity index (χ2v) is 10.3. The monoisotopic (exact) mass is 476 g/mol. The van der Waals surface area contributed by atoms with Gasteiger partial charge in [0.05, 0.1) is 0 Å². The maximum atomic E-state index is 7.86. The van der Waals surface area contributed by atoms with Gasteiger partial charge in [0.15, 0.2) is 0 Å². The van der Waals surface area contributed by atoms with Crippen LogP contribution in [0.5, 0.6) is 0 Å². The van der Waals surface area contributed by atoms with Gasteiger partial charge in [-0.1, -0.05) is 127 Å². The van der Waals surface area contributed by atoms with Gasteiger partial charge in [0.2, 0.25) is 0 Å². The molecular weight excluding hydrogens is 456 g/mol. The highest BCUT2D eigenvalue weighted by atomic mass is 35.5. The van der Waals surface area contributed by atoms with Gasteiger partial charge < -0.3 is 0 Å². The molecule has 0 N–H and O–H groups in total. The van der Waals surface area contributed by atoms with E-state index in [1.54, 1.807) is 0 Å². The Balaban J connectivity index is 1.67. The minimum atomic E-state index is -0.762.